The highest BCUT2D eigenvalue weighted by molar-refractivity contribution is 5.49. The van der Waals surface area contributed by atoms with Crippen molar-refractivity contribution in [2.45, 2.75) is 33.1 Å². The number of nitrogens with one attached hydrogen (secondary N) is 1. The van der Waals surface area contributed by atoms with Gasteiger partial charge in [-0.1, -0.05) is 26.0 Å². The zero-order chi connectivity index (χ0) is 13.1. The van der Waals surface area contributed by atoms with Crippen molar-refractivity contribution in [1.29, 1.82) is 0 Å². The third kappa shape index (κ3) is 6.40. The zero-order valence-corrected chi connectivity index (χ0v) is 11.5. The summed E-state index contributed by atoms with van der Waals surface area (Å²) in [4.78, 5) is 4.17. The lowest BCUT2D eigenvalue weighted by Gasteiger charge is -2.04. The Labute approximate surface area is 110 Å². The molecule has 1 rings (SSSR count). The molecule has 0 fully saturated rings. The number of nitrogens with zero attached hydrogens (tertiary/aromatic N) is 1. The summed E-state index contributed by atoms with van der Waals surface area (Å²) in [5.74, 6) is 0.850. The summed E-state index contributed by atoms with van der Waals surface area (Å²) >= 11 is 0. The molecule has 0 amide bonds. The summed E-state index contributed by atoms with van der Waals surface area (Å²) in [6.45, 7) is 7.14. The van der Waals surface area contributed by atoms with E-state index in [0.717, 1.165) is 43.9 Å². The summed E-state index contributed by atoms with van der Waals surface area (Å²) in [6, 6.07) is 2.03. The number of pyridine rings is 1. The van der Waals surface area contributed by atoms with E-state index < -0.39 is 0 Å². The highest BCUT2D eigenvalue weighted by Gasteiger charge is 1.94. The van der Waals surface area contributed by atoms with Gasteiger partial charge >= 0.3 is 0 Å². The molecular formula is C15H24N2O. The average molecular weight is 248 g/mol. The second-order valence-corrected chi connectivity index (χ2v) is 4.24. The topological polar surface area (TPSA) is 34.2 Å². The molecule has 1 heterocycles. The molecule has 3 heteroatoms. The second-order valence-electron chi connectivity index (χ2n) is 4.24. The van der Waals surface area contributed by atoms with E-state index in [9.17, 15) is 0 Å². The fourth-order valence-electron chi connectivity index (χ4n) is 1.53. The largest absolute Gasteiger partial charge is 0.492 e. The zero-order valence-electron chi connectivity index (χ0n) is 11.5. The van der Waals surface area contributed by atoms with E-state index in [1.54, 1.807) is 6.20 Å². The van der Waals surface area contributed by atoms with Gasteiger partial charge in [0.2, 0.25) is 0 Å². The smallest absolute Gasteiger partial charge is 0.138 e. The molecule has 0 aromatic carbocycles. The fourth-order valence-corrected chi connectivity index (χ4v) is 1.53. The van der Waals surface area contributed by atoms with Gasteiger partial charge in [0.05, 0.1) is 12.8 Å². The molecule has 1 aromatic heterocycles. The quantitative estimate of drug-likeness (QED) is 0.681. The summed E-state index contributed by atoms with van der Waals surface area (Å²) in [6.07, 6.45) is 11.1. The minimum Gasteiger partial charge on any atom is -0.492 e. The van der Waals surface area contributed by atoms with Gasteiger partial charge in [0.15, 0.2) is 0 Å². The van der Waals surface area contributed by atoms with Crippen molar-refractivity contribution in [2.24, 2.45) is 0 Å². The van der Waals surface area contributed by atoms with Crippen LogP contribution in [0.2, 0.25) is 0 Å². The molecule has 3 nitrogen and oxygen atoms in total. The van der Waals surface area contributed by atoms with Crippen LogP contribution in [-0.2, 0) is 0 Å². The van der Waals surface area contributed by atoms with Crippen molar-refractivity contribution in [2.75, 3.05) is 19.7 Å². The Morgan fingerprint density at radius 1 is 1.22 bits per heavy atom. The lowest BCUT2D eigenvalue weighted by Crippen LogP contribution is -2.14. The number of hydrogen-bond acceptors (Lipinski definition) is 3. The predicted molar refractivity (Wildman–Crippen MR) is 76.8 cm³/mol. The van der Waals surface area contributed by atoms with Crippen LogP contribution in [0, 0.1) is 0 Å². The molecule has 0 aliphatic heterocycles. The van der Waals surface area contributed by atoms with Gasteiger partial charge in [0.25, 0.3) is 0 Å². The van der Waals surface area contributed by atoms with Crippen LogP contribution in [0.15, 0.2) is 24.5 Å². The first kappa shape index (κ1) is 14.7. The molecule has 0 aliphatic carbocycles. The normalized spacial score (nSPS) is 11.0. The van der Waals surface area contributed by atoms with E-state index in [4.69, 9.17) is 4.74 Å². The van der Waals surface area contributed by atoms with Crippen molar-refractivity contribution < 1.29 is 4.74 Å². The second kappa shape index (κ2) is 9.66. The Bertz CT molecular complexity index is 350. The van der Waals surface area contributed by atoms with Crippen LogP contribution in [0.4, 0.5) is 0 Å². The van der Waals surface area contributed by atoms with E-state index >= 15 is 0 Å². The Hall–Kier alpha value is -1.35. The molecule has 1 aromatic rings. The van der Waals surface area contributed by atoms with Gasteiger partial charge in [-0.15, -0.1) is 0 Å². The monoisotopic (exact) mass is 248 g/mol. The molecule has 0 spiro atoms. The molecule has 0 aliphatic rings. The number of hydrogen-bond donors (Lipinski definition) is 1. The summed E-state index contributed by atoms with van der Waals surface area (Å²) < 4.78 is 5.55. The Kier molecular flexibility index (Phi) is 7.89. The molecule has 0 radical (unpaired) electrons. The van der Waals surface area contributed by atoms with Gasteiger partial charge < -0.3 is 10.1 Å². The van der Waals surface area contributed by atoms with Crippen molar-refractivity contribution in [1.82, 2.24) is 10.3 Å². The first-order chi connectivity index (χ1) is 8.86. The summed E-state index contributed by atoms with van der Waals surface area (Å²) in [7, 11) is 0. The average Bonchev–Trinajstić information content (AvgIpc) is 2.41. The molecule has 100 valence electrons. The number of aromatic nitrogens is 1. The van der Waals surface area contributed by atoms with Crippen LogP contribution < -0.4 is 10.1 Å². The van der Waals surface area contributed by atoms with Crippen LogP contribution in [0.3, 0.4) is 0 Å². The molecular weight excluding hydrogens is 224 g/mol. The minimum atomic E-state index is 0.746. The highest BCUT2D eigenvalue weighted by atomic mass is 16.5. The molecule has 0 unspecified atom stereocenters. The van der Waals surface area contributed by atoms with Crippen molar-refractivity contribution >= 4 is 6.08 Å². The first-order valence-electron chi connectivity index (χ1n) is 6.82. The SMILES string of the molecule is CCCNCC/C=C/c1cncc(OCCC)c1. The van der Waals surface area contributed by atoms with E-state index in [2.05, 4.69) is 36.3 Å². The van der Waals surface area contributed by atoms with Crippen LogP contribution in [-0.4, -0.2) is 24.7 Å². The van der Waals surface area contributed by atoms with E-state index in [-0.39, 0.29) is 0 Å². The molecule has 0 atom stereocenters. The lowest BCUT2D eigenvalue weighted by atomic mass is 10.2. The standard InChI is InChI=1S/C15H24N2O/c1-3-8-16-9-6-5-7-14-11-15(13-17-12-14)18-10-4-2/h5,7,11-13,16H,3-4,6,8-10H2,1-2H3/b7-5+. The van der Waals surface area contributed by atoms with E-state index in [1.807, 2.05) is 12.3 Å². The Morgan fingerprint density at radius 2 is 2.11 bits per heavy atom. The first-order valence-corrected chi connectivity index (χ1v) is 6.82. The molecule has 0 bridgehead atoms. The van der Waals surface area contributed by atoms with Crippen LogP contribution in [0.5, 0.6) is 5.75 Å². The van der Waals surface area contributed by atoms with E-state index in [1.165, 1.54) is 6.42 Å². The van der Waals surface area contributed by atoms with Gasteiger partial charge in [0.1, 0.15) is 5.75 Å². The predicted octanol–water partition coefficient (Wildman–Crippen LogP) is 3.27. The minimum absolute atomic E-state index is 0.746. The van der Waals surface area contributed by atoms with Crippen molar-refractivity contribution in [3.05, 3.63) is 30.1 Å². The Balaban J connectivity index is 2.34. The number of rotatable bonds is 9. The van der Waals surface area contributed by atoms with Crippen LogP contribution >= 0.6 is 0 Å². The van der Waals surface area contributed by atoms with Gasteiger partial charge in [0, 0.05) is 6.20 Å². The highest BCUT2D eigenvalue weighted by Crippen LogP contribution is 2.12. The Morgan fingerprint density at radius 3 is 2.89 bits per heavy atom. The molecule has 1 N–H and O–H groups in total. The maximum absolute atomic E-state index is 5.55. The van der Waals surface area contributed by atoms with Crippen LogP contribution in [0.1, 0.15) is 38.7 Å². The van der Waals surface area contributed by atoms with Gasteiger partial charge in [-0.3, -0.25) is 4.98 Å². The third-order valence-corrected chi connectivity index (χ3v) is 2.43. The van der Waals surface area contributed by atoms with Gasteiger partial charge in [-0.05, 0) is 44.0 Å². The summed E-state index contributed by atoms with van der Waals surface area (Å²) in [5.41, 5.74) is 1.10. The van der Waals surface area contributed by atoms with Crippen LogP contribution in [0.25, 0.3) is 6.08 Å². The molecule has 18 heavy (non-hydrogen) atoms. The van der Waals surface area contributed by atoms with Crippen molar-refractivity contribution in [3.63, 3.8) is 0 Å². The van der Waals surface area contributed by atoms with Gasteiger partial charge in [-0.25, -0.2) is 0 Å². The van der Waals surface area contributed by atoms with Crippen molar-refractivity contribution in [3.8, 4) is 5.75 Å². The molecule has 0 saturated carbocycles. The third-order valence-electron chi connectivity index (χ3n) is 2.43. The maximum Gasteiger partial charge on any atom is 0.138 e. The fraction of sp³-hybridized carbons (Fsp3) is 0.533. The number of ether oxygens (including phenoxy) is 1. The van der Waals surface area contributed by atoms with Gasteiger partial charge in [-0.2, -0.15) is 0 Å². The maximum atomic E-state index is 5.55. The lowest BCUT2D eigenvalue weighted by molar-refractivity contribution is 0.316. The van der Waals surface area contributed by atoms with E-state index in [0.29, 0.717) is 0 Å². The summed E-state index contributed by atoms with van der Waals surface area (Å²) in [5, 5.41) is 3.37. The molecule has 0 saturated heterocycles.